The van der Waals surface area contributed by atoms with Gasteiger partial charge in [0.2, 0.25) is 0 Å². The first kappa shape index (κ1) is 16.2. The molecule has 2 aromatic carbocycles. The van der Waals surface area contributed by atoms with E-state index >= 15 is 0 Å². The van der Waals surface area contributed by atoms with Gasteiger partial charge in [-0.15, -0.1) is 0 Å². The molecule has 2 rings (SSSR count). The monoisotopic (exact) mass is 423 g/mol. The number of halogens is 5. The Morgan fingerprint density at radius 2 is 1.81 bits per heavy atom. The third-order valence-electron chi connectivity index (χ3n) is 2.75. The van der Waals surface area contributed by atoms with E-state index in [2.05, 4.69) is 37.2 Å². The summed E-state index contributed by atoms with van der Waals surface area (Å²) in [4.78, 5) is 0. The summed E-state index contributed by atoms with van der Waals surface area (Å²) in [6, 6.07) is 4.96. The third kappa shape index (κ3) is 3.71. The van der Waals surface area contributed by atoms with Crippen LogP contribution in [0.1, 0.15) is 5.56 Å². The first-order valence-corrected chi connectivity index (χ1v) is 7.41. The SMILES string of the molecule is COc1c(Br)cc(Br)cc1CNc1cc(F)cc(F)c1F. The summed E-state index contributed by atoms with van der Waals surface area (Å²) in [5.41, 5.74) is 0.452. The van der Waals surface area contributed by atoms with E-state index in [9.17, 15) is 13.2 Å². The maximum absolute atomic E-state index is 13.6. The molecule has 2 aromatic rings. The zero-order chi connectivity index (χ0) is 15.6. The molecule has 0 bridgehead atoms. The summed E-state index contributed by atoms with van der Waals surface area (Å²) in [6.07, 6.45) is 0. The molecule has 0 atom stereocenters. The zero-order valence-electron chi connectivity index (χ0n) is 10.8. The van der Waals surface area contributed by atoms with Gasteiger partial charge in [-0.3, -0.25) is 0 Å². The molecular weight excluding hydrogens is 415 g/mol. The lowest BCUT2D eigenvalue weighted by atomic mass is 10.2. The molecule has 0 aliphatic rings. The van der Waals surface area contributed by atoms with Gasteiger partial charge in [0.25, 0.3) is 0 Å². The van der Waals surface area contributed by atoms with Crippen LogP contribution in [0.5, 0.6) is 5.75 Å². The Hall–Kier alpha value is -1.21. The Morgan fingerprint density at radius 3 is 2.48 bits per heavy atom. The molecule has 0 aliphatic carbocycles. The van der Waals surface area contributed by atoms with Crippen LogP contribution in [0.25, 0.3) is 0 Å². The number of benzene rings is 2. The van der Waals surface area contributed by atoms with Gasteiger partial charge in [0.15, 0.2) is 11.6 Å². The lowest BCUT2D eigenvalue weighted by molar-refractivity contribution is 0.407. The molecule has 7 heteroatoms. The molecule has 0 aromatic heterocycles. The van der Waals surface area contributed by atoms with Crippen molar-refractivity contribution in [2.75, 3.05) is 12.4 Å². The highest BCUT2D eigenvalue weighted by molar-refractivity contribution is 9.11. The molecule has 21 heavy (non-hydrogen) atoms. The highest BCUT2D eigenvalue weighted by Crippen LogP contribution is 2.33. The van der Waals surface area contributed by atoms with Gasteiger partial charge in [0, 0.05) is 28.7 Å². The second-order valence-corrected chi connectivity index (χ2v) is 5.95. The van der Waals surface area contributed by atoms with Crippen molar-refractivity contribution in [1.29, 1.82) is 0 Å². The molecule has 0 fully saturated rings. The van der Waals surface area contributed by atoms with Crippen LogP contribution < -0.4 is 10.1 Å². The molecule has 112 valence electrons. The van der Waals surface area contributed by atoms with Crippen molar-refractivity contribution in [3.05, 3.63) is 56.2 Å². The Morgan fingerprint density at radius 1 is 1.10 bits per heavy atom. The van der Waals surface area contributed by atoms with Gasteiger partial charge in [-0.05, 0) is 28.1 Å². The van der Waals surface area contributed by atoms with E-state index in [1.807, 2.05) is 0 Å². The van der Waals surface area contributed by atoms with Crippen LogP contribution in [0.3, 0.4) is 0 Å². The molecule has 0 heterocycles. The first-order valence-electron chi connectivity index (χ1n) is 5.82. The van der Waals surface area contributed by atoms with Crippen molar-refractivity contribution in [3.8, 4) is 5.75 Å². The molecule has 0 unspecified atom stereocenters. The molecule has 0 saturated heterocycles. The first-order chi connectivity index (χ1) is 9.92. The average molecular weight is 425 g/mol. The van der Waals surface area contributed by atoms with Crippen molar-refractivity contribution < 1.29 is 17.9 Å². The highest BCUT2D eigenvalue weighted by Gasteiger charge is 2.13. The van der Waals surface area contributed by atoms with Crippen molar-refractivity contribution in [2.45, 2.75) is 6.54 Å². The van der Waals surface area contributed by atoms with E-state index < -0.39 is 17.5 Å². The number of nitrogens with one attached hydrogen (secondary N) is 1. The zero-order valence-corrected chi connectivity index (χ0v) is 14.0. The fraction of sp³-hybridized carbons (Fsp3) is 0.143. The summed E-state index contributed by atoms with van der Waals surface area (Å²) in [5.74, 6) is -2.65. The highest BCUT2D eigenvalue weighted by atomic mass is 79.9. The Labute approximate surface area is 136 Å². The van der Waals surface area contributed by atoms with E-state index in [0.717, 1.165) is 10.5 Å². The number of hydrogen-bond donors (Lipinski definition) is 1. The molecule has 1 N–H and O–H groups in total. The molecule has 0 amide bonds. The van der Waals surface area contributed by atoms with Crippen LogP contribution in [0.2, 0.25) is 0 Å². The molecular formula is C14H10Br2F3NO. The molecule has 2 nitrogen and oxygen atoms in total. The second-order valence-electron chi connectivity index (χ2n) is 4.18. The fourth-order valence-corrected chi connectivity index (χ4v) is 3.32. The minimum Gasteiger partial charge on any atom is -0.495 e. The maximum Gasteiger partial charge on any atom is 0.182 e. The largest absolute Gasteiger partial charge is 0.495 e. The summed E-state index contributed by atoms with van der Waals surface area (Å²) in [6.45, 7) is 0.140. The summed E-state index contributed by atoms with van der Waals surface area (Å²) >= 11 is 6.68. The van der Waals surface area contributed by atoms with E-state index in [0.29, 0.717) is 21.9 Å². The Kier molecular flexibility index (Phi) is 5.16. The van der Waals surface area contributed by atoms with Gasteiger partial charge < -0.3 is 10.1 Å². The van der Waals surface area contributed by atoms with Crippen LogP contribution in [0, 0.1) is 17.5 Å². The van der Waals surface area contributed by atoms with Crippen LogP contribution >= 0.6 is 31.9 Å². The van der Waals surface area contributed by atoms with E-state index in [1.54, 1.807) is 12.1 Å². The molecule has 0 radical (unpaired) electrons. The standard InChI is InChI=1S/C14H10Br2F3NO/c1-21-14-7(2-8(15)3-10(14)16)6-20-12-5-9(17)4-11(18)13(12)19/h2-5,20H,6H2,1H3. The normalized spacial score (nSPS) is 10.6. The van der Waals surface area contributed by atoms with Gasteiger partial charge in [-0.1, -0.05) is 15.9 Å². The smallest absolute Gasteiger partial charge is 0.182 e. The number of hydrogen-bond acceptors (Lipinski definition) is 2. The van der Waals surface area contributed by atoms with Gasteiger partial charge in [0.05, 0.1) is 17.3 Å². The number of anilines is 1. The quantitative estimate of drug-likeness (QED) is 0.677. The van der Waals surface area contributed by atoms with Gasteiger partial charge in [-0.2, -0.15) is 0 Å². The van der Waals surface area contributed by atoms with Crippen molar-refractivity contribution in [1.82, 2.24) is 0 Å². The van der Waals surface area contributed by atoms with Crippen LogP contribution in [0.15, 0.2) is 33.2 Å². The average Bonchev–Trinajstić information content (AvgIpc) is 2.40. The lowest BCUT2D eigenvalue weighted by Gasteiger charge is -2.13. The minimum atomic E-state index is -1.24. The number of rotatable bonds is 4. The lowest BCUT2D eigenvalue weighted by Crippen LogP contribution is -2.05. The van der Waals surface area contributed by atoms with Crippen molar-refractivity contribution >= 4 is 37.5 Å². The Balaban J connectivity index is 2.28. The molecule has 0 aliphatic heterocycles. The summed E-state index contributed by atoms with van der Waals surface area (Å²) in [7, 11) is 1.50. The second kappa shape index (κ2) is 6.70. The van der Waals surface area contributed by atoms with Crippen molar-refractivity contribution in [3.63, 3.8) is 0 Å². The maximum atomic E-state index is 13.6. The predicted molar refractivity (Wildman–Crippen MR) is 82.0 cm³/mol. The van der Waals surface area contributed by atoms with Gasteiger partial charge >= 0.3 is 0 Å². The topological polar surface area (TPSA) is 21.3 Å². The summed E-state index contributed by atoms with van der Waals surface area (Å²) < 4.78 is 46.6. The predicted octanol–water partition coefficient (Wildman–Crippen LogP) is 5.25. The van der Waals surface area contributed by atoms with Crippen LogP contribution in [-0.4, -0.2) is 7.11 Å². The minimum absolute atomic E-state index is 0.140. The Bertz CT molecular complexity index is 680. The third-order valence-corrected chi connectivity index (χ3v) is 3.80. The number of ether oxygens (including phenoxy) is 1. The summed E-state index contributed by atoms with van der Waals surface area (Å²) in [5, 5.41) is 2.66. The van der Waals surface area contributed by atoms with Gasteiger partial charge in [0.1, 0.15) is 11.6 Å². The van der Waals surface area contributed by atoms with Crippen molar-refractivity contribution in [2.24, 2.45) is 0 Å². The van der Waals surface area contributed by atoms with E-state index in [1.165, 1.54) is 7.11 Å². The van der Waals surface area contributed by atoms with Gasteiger partial charge in [-0.25, -0.2) is 13.2 Å². The van der Waals surface area contributed by atoms with E-state index in [4.69, 9.17) is 4.74 Å². The number of methoxy groups -OCH3 is 1. The fourth-order valence-electron chi connectivity index (χ4n) is 1.85. The van der Waals surface area contributed by atoms with E-state index in [-0.39, 0.29) is 12.2 Å². The molecule has 0 saturated carbocycles. The van der Waals surface area contributed by atoms with Crippen LogP contribution in [-0.2, 0) is 6.54 Å². The van der Waals surface area contributed by atoms with Crippen LogP contribution in [0.4, 0.5) is 18.9 Å². The molecule has 0 spiro atoms.